The topological polar surface area (TPSA) is 55.9 Å². The van der Waals surface area contributed by atoms with E-state index >= 15 is 0 Å². The Hall–Kier alpha value is -2.11. The number of aromatic nitrogens is 2. The van der Waals surface area contributed by atoms with Crippen LogP contribution in [0.2, 0.25) is 0 Å². The maximum absolute atomic E-state index is 13.5. The number of hydrogen-bond donors (Lipinski definition) is 2. The number of nitrogens with one attached hydrogen (secondary N) is 1. The summed E-state index contributed by atoms with van der Waals surface area (Å²) in [5, 5.41) is 6.97. The van der Waals surface area contributed by atoms with Gasteiger partial charge in [-0.1, -0.05) is 0 Å². The fourth-order valence-electron chi connectivity index (χ4n) is 1.66. The van der Waals surface area contributed by atoms with Crippen molar-refractivity contribution >= 4 is 11.4 Å². The molecule has 2 aromatic rings. The molecule has 18 heavy (non-hydrogen) atoms. The van der Waals surface area contributed by atoms with Gasteiger partial charge in [0.25, 0.3) is 0 Å². The van der Waals surface area contributed by atoms with Crippen LogP contribution in [0.3, 0.4) is 0 Å². The van der Waals surface area contributed by atoms with Gasteiger partial charge in [0.15, 0.2) is 11.6 Å². The van der Waals surface area contributed by atoms with E-state index in [2.05, 4.69) is 10.4 Å². The van der Waals surface area contributed by atoms with Gasteiger partial charge in [0.1, 0.15) is 0 Å². The number of benzene rings is 1. The van der Waals surface area contributed by atoms with Gasteiger partial charge in [0.05, 0.1) is 17.1 Å². The van der Waals surface area contributed by atoms with Crippen molar-refractivity contribution in [1.29, 1.82) is 0 Å². The van der Waals surface area contributed by atoms with Crippen molar-refractivity contribution in [1.82, 2.24) is 9.78 Å². The normalized spacial score (nSPS) is 10.6. The van der Waals surface area contributed by atoms with E-state index in [4.69, 9.17) is 5.73 Å². The molecule has 0 saturated carbocycles. The van der Waals surface area contributed by atoms with Gasteiger partial charge in [-0.25, -0.2) is 8.78 Å². The van der Waals surface area contributed by atoms with Crippen LogP contribution in [0.5, 0.6) is 0 Å². The number of anilines is 2. The zero-order valence-electron chi connectivity index (χ0n) is 9.95. The first-order chi connectivity index (χ1) is 8.58. The molecule has 3 N–H and O–H groups in total. The Balaban J connectivity index is 2.00. The van der Waals surface area contributed by atoms with Crippen LogP contribution in [0.4, 0.5) is 20.2 Å². The molecule has 4 nitrogen and oxygen atoms in total. The van der Waals surface area contributed by atoms with Crippen LogP contribution in [0.15, 0.2) is 24.4 Å². The minimum Gasteiger partial charge on any atom is -0.397 e. The summed E-state index contributed by atoms with van der Waals surface area (Å²) >= 11 is 0. The summed E-state index contributed by atoms with van der Waals surface area (Å²) in [6, 6.07) is 4.21. The smallest absolute Gasteiger partial charge is 0.183 e. The Morgan fingerprint density at radius 1 is 1.33 bits per heavy atom. The van der Waals surface area contributed by atoms with Crippen LogP contribution in [-0.2, 0) is 13.5 Å². The van der Waals surface area contributed by atoms with E-state index in [9.17, 15) is 8.78 Å². The first-order valence-electron chi connectivity index (χ1n) is 5.54. The van der Waals surface area contributed by atoms with Gasteiger partial charge in [-0.15, -0.1) is 0 Å². The highest BCUT2D eigenvalue weighted by molar-refractivity contribution is 5.66. The van der Waals surface area contributed by atoms with Crippen LogP contribution in [0, 0.1) is 11.6 Å². The molecule has 1 aromatic carbocycles. The molecule has 0 atom stereocenters. The van der Waals surface area contributed by atoms with E-state index in [1.54, 1.807) is 4.68 Å². The van der Waals surface area contributed by atoms with E-state index in [0.717, 1.165) is 11.8 Å². The third kappa shape index (κ3) is 2.58. The number of nitrogens with two attached hydrogens (primary N) is 1. The molecular formula is C12H14F2N4. The largest absolute Gasteiger partial charge is 0.397 e. The van der Waals surface area contributed by atoms with Crippen LogP contribution in [0.25, 0.3) is 0 Å². The molecule has 0 unspecified atom stereocenters. The van der Waals surface area contributed by atoms with Crippen molar-refractivity contribution in [2.45, 2.75) is 6.42 Å². The Morgan fingerprint density at radius 3 is 2.78 bits per heavy atom. The monoisotopic (exact) mass is 252 g/mol. The molecule has 0 aliphatic heterocycles. The first kappa shape index (κ1) is 12.3. The van der Waals surface area contributed by atoms with Gasteiger partial charge in [-0.3, -0.25) is 4.68 Å². The lowest BCUT2D eigenvalue weighted by Crippen LogP contribution is -2.10. The van der Waals surface area contributed by atoms with Crippen molar-refractivity contribution in [2.24, 2.45) is 7.05 Å². The maximum atomic E-state index is 13.5. The number of halogens is 2. The molecule has 2 rings (SSSR count). The average Bonchev–Trinajstić information content (AvgIpc) is 2.74. The van der Waals surface area contributed by atoms with Crippen molar-refractivity contribution in [3.63, 3.8) is 0 Å². The van der Waals surface area contributed by atoms with Crippen molar-refractivity contribution in [3.8, 4) is 0 Å². The number of nitrogens with zero attached hydrogens (tertiary/aromatic N) is 2. The molecular weight excluding hydrogens is 238 g/mol. The number of rotatable bonds is 4. The van der Waals surface area contributed by atoms with E-state index in [0.29, 0.717) is 13.0 Å². The molecule has 0 aliphatic rings. The predicted molar refractivity (Wildman–Crippen MR) is 66.2 cm³/mol. The lowest BCUT2D eigenvalue weighted by atomic mass is 10.2. The second-order valence-electron chi connectivity index (χ2n) is 3.98. The van der Waals surface area contributed by atoms with Crippen LogP contribution in [0.1, 0.15) is 5.69 Å². The second-order valence-corrected chi connectivity index (χ2v) is 3.98. The zero-order valence-corrected chi connectivity index (χ0v) is 9.95. The Labute approximate surface area is 103 Å². The molecule has 0 bridgehead atoms. The van der Waals surface area contributed by atoms with Gasteiger partial charge >= 0.3 is 0 Å². The minimum absolute atomic E-state index is 0.00549. The maximum Gasteiger partial charge on any atom is 0.183 e. The molecule has 1 heterocycles. The number of hydrogen-bond acceptors (Lipinski definition) is 3. The number of nitrogen functional groups attached to an aromatic ring is 1. The first-order valence-corrected chi connectivity index (χ1v) is 5.54. The Bertz CT molecular complexity index is 551. The summed E-state index contributed by atoms with van der Waals surface area (Å²) < 4.78 is 28.2. The van der Waals surface area contributed by atoms with Crippen molar-refractivity contribution in [3.05, 3.63) is 41.7 Å². The fourth-order valence-corrected chi connectivity index (χ4v) is 1.66. The molecule has 0 fully saturated rings. The summed E-state index contributed by atoms with van der Waals surface area (Å²) in [5.41, 5.74) is 6.66. The highest BCUT2D eigenvalue weighted by atomic mass is 19.2. The minimum atomic E-state index is -0.948. The third-order valence-corrected chi connectivity index (χ3v) is 2.58. The fraction of sp³-hybridized carbons (Fsp3) is 0.250. The summed E-state index contributed by atoms with van der Waals surface area (Å²) in [6.45, 7) is 0.432. The van der Waals surface area contributed by atoms with Gasteiger partial charge in [-0.05, 0) is 18.2 Å². The highest BCUT2D eigenvalue weighted by Gasteiger charge is 2.11. The Kier molecular flexibility index (Phi) is 3.45. The second kappa shape index (κ2) is 5.03. The summed E-state index contributed by atoms with van der Waals surface area (Å²) in [4.78, 5) is 0. The van der Waals surface area contributed by atoms with E-state index in [1.165, 1.54) is 6.07 Å². The summed E-state index contributed by atoms with van der Waals surface area (Å²) in [5.74, 6) is -1.86. The van der Waals surface area contributed by atoms with Crippen molar-refractivity contribution < 1.29 is 8.78 Å². The molecule has 0 amide bonds. The molecule has 96 valence electrons. The van der Waals surface area contributed by atoms with E-state index < -0.39 is 11.6 Å². The molecule has 1 aromatic heterocycles. The highest BCUT2D eigenvalue weighted by Crippen LogP contribution is 2.24. The van der Waals surface area contributed by atoms with Gasteiger partial charge in [0.2, 0.25) is 0 Å². The number of aryl methyl sites for hydroxylation is 1. The third-order valence-electron chi connectivity index (χ3n) is 2.58. The standard InChI is InChI=1S/C12H14F2N4/c1-18-7-5-8(17-18)4-6-16-12-10(15)3-2-9(13)11(12)14/h2-3,5,7,16H,4,6,15H2,1H3. The molecule has 0 radical (unpaired) electrons. The summed E-state index contributed by atoms with van der Waals surface area (Å²) in [6.07, 6.45) is 2.43. The Morgan fingerprint density at radius 2 is 2.11 bits per heavy atom. The molecule has 0 saturated heterocycles. The zero-order chi connectivity index (χ0) is 13.1. The summed E-state index contributed by atoms with van der Waals surface area (Å²) in [7, 11) is 1.82. The van der Waals surface area contributed by atoms with E-state index in [-0.39, 0.29) is 11.4 Å². The van der Waals surface area contributed by atoms with Crippen LogP contribution in [-0.4, -0.2) is 16.3 Å². The van der Waals surface area contributed by atoms with Crippen LogP contribution < -0.4 is 11.1 Å². The van der Waals surface area contributed by atoms with Crippen molar-refractivity contribution in [2.75, 3.05) is 17.6 Å². The quantitative estimate of drug-likeness (QED) is 0.817. The average molecular weight is 252 g/mol. The van der Waals surface area contributed by atoms with E-state index in [1.807, 2.05) is 19.3 Å². The van der Waals surface area contributed by atoms with Gasteiger partial charge < -0.3 is 11.1 Å². The molecule has 6 heteroatoms. The van der Waals surface area contributed by atoms with Gasteiger partial charge in [-0.2, -0.15) is 5.10 Å². The predicted octanol–water partition coefficient (Wildman–Crippen LogP) is 1.94. The molecule has 0 spiro atoms. The van der Waals surface area contributed by atoms with Gasteiger partial charge in [0, 0.05) is 26.2 Å². The molecule has 0 aliphatic carbocycles. The SMILES string of the molecule is Cn1ccc(CCNc2c(N)ccc(F)c2F)n1. The lowest BCUT2D eigenvalue weighted by molar-refractivity contribution is 0.511. The lowest BCUT2D eigenvalue weighted by Gasteiger charge is -2.10. The van der Waals surface area contributed by atoms with Crippen LogP contribution >= 0.6 is 0 Å².